The van der Waals surface area contributed by atoms with Gasteiger partial charge in [-0.25, -0.2) is 13.1 Å². The summed E-state index contributed by atoms with van der Waals surface area (Å²) in [5.41, 5.74) is 0.888. The van der Waals surface area contributed by atoms with Gasteiger partial charge in [-0.05, 0) is 24.1 Å². The molecule has 0 aromatic heterocycles. The van der Waals surface area contributed by atoms with E-state index in [1.165, 1.54) is 0 Å². The van der Waals surface area contributed by atoms with Gasteiger partial charge in [-0.2, -0.15) is 0 Å². The fourth-order valence-electron chi connectivity index (χ4n) is 1.23. The van der Waals surface area contributed by atoms with E-state index in [1.54, 1.807) is 19.2 Å². The van der Waals surface area contributed by atoms with Crippen LogP contribution in [0.5, 0.6) is 5.75 Å². The molecule has 0 amide bonds. The maximum atomic E-state index is 10.8. The molecule has 1 aromatic rings. The molecule has 1 N–H and O–H groups in total. The minimum absolute atomic E-state index is 0.338. The van der Waals surface area contributed by atoms with Crippen LogP contribution in [0, 0.1) is 0 Å². The first-order valence-electron chi connectivity index (χ1n) is 4.69. The largest absolute Gasteiger partial charge is 0.497 e. The fourth-order valence-corrected chi connectivity index (χ4v) is 1.97. The van der Waals surface area contributed by atoms with Gasteiger partial charge in [0.2, 0.25) is 10.0 Å². The first-order valence-corrected chi connectivity index (χ1v) is 6.96. The van der Waals surface area contributed by atoms with E-state index in [9.17, 15) is 8.42 Å². The zero-order valence-corrected chi connectivity index (χ0v) is 10.7. The number of halogens is 1. The molecule has 0 fully saturated rings. The number of methoxy groups -OCH3 is 1. The highest BCUT2D eigenvalue weighted by atomic mass is 35.5. The van der Waals surface area contributed by atoms with Crippen LogP contribution in [-0.2, 0) is 16.4 Å². The lowest BCUT2D eigenvalue weighted by atomic mass is 10.1. The average Bonchev–Trinajstić information content (AvgIpc) is 2.18. The monoisotopic (exact) mass is 263 g/mol. The van der Waals surface area contributed by atoms with Gasteiger partial charge in [-0.1, -0.05) is 17.7 Å². The first-order chi connectivity index (χ1) is 7.42. The van der Waals surface area contributed by atoms with Crippen molar-refractivity contribution >= 4 is 21.6 Å². The lowest BCUT2D eigenvalue weighted by Gasteiger charge is -2.06. The van der Waals surface area contributed by atoms with E-state index >= 15 is 0 Å². The minimum atomic E-state index is -3.14. The third-order valence-electron chi connectivity index (χ3n) is 2.02. The Morgan fingerprint density at radius 1 is 1.44 bits per heavy atom. The van der Waals surface area contributed by atoms with E-state index < -0.39 is 10.0 Å². The maximum absolute atomic E-state index is 10.8. The quantitative estimate of drug-likeness (QED) is 0.875. The molecule has 6 heteroatoms. The number of ether oxygens (including phenoxy) is 1. The second-order valence-corrected chi connectivity index (χ2v) is 5.61. The Morgan fingerprint density at radius 2 is 2.12 bits per heavy atom. The molecule has 1 rings (SSSR count). The number of benzene rings is 1. The summed E-state index contributed by atoms with van der Waals surface area (Å²) in [6.07, 6.45) is 1.68. The Balaban J connectivity index is 2.61. The van der Waals surface area contributed by atoms with Crippen LogP contribution < -0.4 is 9.46 Å². The SMILES string of the molecule is COc1ccc(CCNS(C)(=O)=O)c(Cl)c1. The highest BCUT2D eigenvalue weighted by molar-refractivity contribution is 7.88. The molecule has 0 bridgehead atoms. The van der Waals surface area contributed by atoms with Gasteiger partial charge >= 0.3 is 0 Å². The van der Waals surface area contributed by atoms with Gasteiger partial charge < -0.3 is 4.74 Å². The van der Waals surface area contributed by atoms with Gasteiger partial charge in [0, 0.05) is 11.6 Å². The maximum Gasteiger partial charge on any atom is 0.208 e. The van der Waals surface area contributed by atoms with Crippen LogP contribution in [0.15, 0.2) is 18.2 Å². The predicted molar refractivity (Wildman–Crippen MR) is 64.6 cm³/mol. The number of sulfonamides is 1. The smallest absolute Gasteiger partial charge is 0.208 e. The molecule has 0 aliphatic carbocycles. The summed E-state index contributed by atoms with van der Waals surface area (Å²) in [7, 11) is -1.57. The third-order valence-corrected chi connectivity index (χ3v) is 3.10. The molecule has 0 heterocycles. The van der Waals surface area contributed by atoms with Crippen molar-refractivity contribution in [2.75, 3.05) is 19.9 Å². The van der Waals surface area contributed by atoms with Crippen molar-refractivity contribution in [3.63, 3.8) is 0 Å². The Hall–Kier alpha value is -0.780. The zero-order chi connectivity index (χ0) is 12.2. The Bertz CT molecular complexity index is 459. The van der Waals surface area contributed by atoms with Crippen LogP contribution in [0.25, 0.3) is 0 Å². The molecule has 90 valence electrons. The van der Waals surface area contributed by atoms with E-state index in [1.807, 2.05) is 6.07 Å². The molecular formula is C10H14ClNO3S. The Labute approximate surface area is 101 Å². The van der Waals surface area contributed by atoms with Crippen molar-refractivity contribution in [3.05, 3.63) is 28.8 Å². The molecule has 0 spiro atoms. The van der Waals surface area contributed by atoms with Gasteiger partial charge in [0.1, 0.15) is 5.75 Å². The third kappa shape index (κ3) is 4.38. The number of rotatable bonds is 5. The molecule has 0 saturated heterocycles. The van der Waals surface area contributed by atoms with Crippen LogP contribution >= 0.6 is 11.6 Å². The van der Waals surface area contributed by atoms with Crippen LogP contribution in [0.2, 0.25) is 5.02 Å². The molecule has 0 aliphatic heterocycles. The van der Waals surface area contributed by atoms with Crippen molar-refractivity contribution in [1.82, 2.24) is 4.72 Å². The average molecular weight is 264 g/mol. The minimum Gasteiger partial charge on any atom is -0.497 e. The van der Waals surface area contributed by atoms with Gasteiger partial charge in [0.15, 0.2) is 0 Å². The molecule has 0 unspecified atom stereocenters. The number of hydrogen-bond acceptors (Lipinski definition) is 3. The molecule has 0 saturated carbocycles. The molecule has 0 radical (unpaired) electrons. The molecule has 1 aromatic carbocycles. The summed E-state index contributed by atoms with van der Waals surface area (Å²) >= 11 is 6.00. The summed E-state index contributed by atoms with van der Waals surface area (Å²) < 4.78 is 29.1. The summed E-state index contributed by atoms with van der Waals surface area (Å²) in [4.78, 5) is 0. The Kier molecular flexibility index (Phi) is 4.58. The van der Waals surface area contributed by atoms with Gasteiger partial charge in [0.05, 0.1) is 13.4 Å². The number of nitrogens with one attached hydrogen (secondary N) is 1. The van der Waals surface area contributed by atoms with E-state index in [2.05, 4.69) is 4.72 Å². The second-order valence-electron chi connectivity index (χ2n) is 3.37. The van der Waals surface area contributed by atoms with Crippen molar-refractivity contribution in [3.8, 4) is 5.75 Å². The predicted octanol–water partition coefficient (Wildman–Crippen LogP) is 1.44. The van der Waals surface area contributed by atoms with Crippen LogP contribution in [0.1, 0.15) is 5.56 Å². The molecule has 16 heavy (non-hydrogen) atoms. The molecule has 0 atom stereocenters. The van der Waals surface area contributed by atoms with Gasteiger partial charge in [-0.3, -0.25) is 0 Å². The summed E-state index contributed by atoms with van der Waals surface area (Å²) in [6, 6.07) is 5.32. The molecule has 4 nitrogen and oxygen atoms in total. The van der Waals surface area contributed by atoms with Crippen LogP contribution in [-0.4, -0.2) is 28.3 Å². The highest BCUT2D eigenvalue weighted by Gasteiger charge is 2.04. The van der Waals surface area contributed by atoms with E-state index in [-0.39, 0.29) is 0 Å². The Morgan fingerprint density at radius 3 is 2.62 bits per heavy atom. The zero-order valence-electron chi connectivity index (χ0n) is 9.16. The van der Waals surface area contributed by atoms with E-state index in [0.717, 1.165) is 11.8 Å². The van der Waals surface area contributed by atoms with Crippen molar-refractivity contribution < 1.29 is 13.2 Å². The lowest BCUT2D eigenvalue weighted by Crippen LogP contribution is -2.24. The highest BCUT2D eigenvalue weighted by Crippen LogP contribution is 2.22. The second kappa shape index (κ2) is 5.52. The van der Waals surface area contributed by atoms with Gasteiger partial charge in [0.25, 0.3) is 0 Å². The lowest BCUT2D eigenvalue weighted by molar-refractivity contribution is 0.414. The van der Waals surface area contributed by atoms with Crippen molar-refractivity contribution in [2.24, 2.45) is 0 Å². The van der Waals surface area contributed by atoms with Crippen molar-refractivity contribution in [2.45, 2.75) is 6.42 Å². The normalized spacial score (nSPS) is 11.4. The summed E-state index contributed by atoms with van der Waals surface area (Å²) in [5, 5.41) is 0.578. The van der Waals surface area contributed by atoms with Crippen molar-refractivity contribution in [1.29, 1.82) is 0 Å². The van der Waals surface area contributed by atoms with E-state index in [4.69, 9.17) is 16.3 Å². The summed E-state index contributed by atoms with van der Waals surface area (Å²) in [6.45, 7) is 0.338. The van der Waals surface area contributed by atoms with Crippen LogP contribution in [0.4, 0.5) is 0 Å². The topological polar surface area (TPSA) is 55.4 Å². The van der Waals surface area contributed by atoms with Crippen LogP contribution in [0.3, 0.4) is 0 Å². The molecular weight excluding hydrogens is 250 g/mol. The van der Waals surface area contributed by atoms with Gasteiger partial charge in [-0.15, -0.1) is 0 Å². The van der Waals surface area contributed by atoms with E-state index in [0.29, 0.717) is 23.7 Å². The molecule has 0 aliphatic rings. The number of hydrogen-bond donors (Lipinski definition) is 1. The summed E-state index contributed by atoms with van der Waals surface area (Å²) in [5.74, 6) is 0.685. The standard InChI is InChI=1S/C10H14ClNO3S/c1-15-9-4-3-8(10(11)7-9)5-6-12-16(2,13)14/h3-4,7,12H,5-6H2,1-2H3. The first kappa shape index (κ1) is 13.3. The fraction of sp³-hybridized carbons (Fsp3) is 0.400.